The number of amides is 1. The van der Waals surface area contributed by atoms with Gasteiger partial charge in [-0.25, -0.2) is 0 Å². The molecular weight excluding hydrogens is 258 g/mol. The molecule has 1 amide bonds. The predicted octanol–water partition coefficient (Wildman–Crippen LogP) is 1.48. The van der Waals surface area contributed by atoms with Crippen molar-refractivity contribution in [1.82, 2.24) is 15.5 Å². The third kappa shape index (κ3) is 6.14. The zero-order valence-electron chi connectivity index (χ0n) is 12.4. The van der Waals surface area contributed by atoms with E-state index >= 15 is 0 Å². The van der Waals surface area contributed by atoms with E-state index in [0.29, 0.717) is 37.0 Å². The van der Waals surface area contributed by atoms with E-state index in [4.69, 9.17) is 9.63 Å². The van der Waals surface area contributed by atoms with Crippen LogP contribution < -0.4 is 5.32 Å². The number of aromatic nitrogens is 2. The minimum Gasteiger partial charge on any atom is -0.396 e. The van der Waals surface area contributed by atoms with Gasteiger partial charge in [0.25, 0.3) is 0 Å². The summed E-state index contributed by atoms with van der Waals surface area (Å²) < 4.78 is 5.08. The molecule has 20 heavy (non-hydrogen) atoms. The second-order valence-corrected chi connectivity index (χ2v) is 4.94. The molecule has 0 saturated carbocycles. The molecule has 1 aromatic rings. The lowest BCUT2D eigenvalue weighted by atomic mass is 10.0. The highest BCUT2D eigenvalue weighted by Crippen LogP contribution is 2.06. The fraction of sp³-hybridized carbons (Fsp3) is 0.786. The maximum absolute atomic E-state index is 11.7. The number of aryl methyl sites for hydroxylation is 2. The smallest absolute Gasteiger partial charge is 0.227 e. The standard InChI is InChI=1S/C14H25N3O3/c1-3-5-12-16-14(20-17-12)7-6-13(19)15-10-11(4-2)8-9-18/h11,18H,3-10H2,1-2H3,(H,15,19). The van der Waals surface area contributed by atoms with E-state index < -0.39 is 0 Å². The summed E-state index contributed by atoms with van der Waals surface area (Å²) in [5, 5.41) is 15.6. The van der Waals surface area contributed by atoms with Gasteiger partial charge in [0.2, 0.25) is 11.8 Å². The first-order chi connectivity index (χ1) is 9.69. The predicted molar refractivity (Wildman–Crippen MR) is 75.1 cm³/mol. The van der Waals surface area contributed by atoms with Gasteiger partial charge in [-0.2, -0.15) is 4.98 Å². The van der Waals surface area contributed by atoms with Gasteiger partial charge in [-0.3, -0.25) is 4.79 Å². The first kappa shape index (κ1) is 16.6. The second kappa shape index (κ2) is 9.47. The van der Waals surface area contributed by atoms with E-state index in [-0.39, 0.29) is 12.5 Å². The normalized spacial score (nSPS) is 12.3. The van der Waals surface area contributed by atoms with Crippen LogP contribution in [-0.2, 0) is 17.6 Å². The van der Waals surface area contributed by atoms with Gasteiger partial charge < -0.3 is 14.9 Å². The Morgan fingerprint density at radius 3 is 2.85 bits per heavy atom. The lowest BCUT2D eigenvalue weighted by Crippen LogP contribution is -2.29. The number of hydrogen-bond acceptors (Lipinski definition) is 5. The van der Waals surface area contributed by atoms with Crippen molar-refractivity contribution in [3.05, 3.63) is 11.7 Å². The Hall–Kier alpha value is -1.43. The number of aliphatic hydroxyl groups is 1. The first-order valence-corrected chi connectivity index (χ1v) is 7.38. The monoisotopic (exact) mass is 283 g/mol. The van der Waals surface area contributed by atoms with E-state index in [2.05, 4.69) is 29.3 Å². The molecule has 114 valence electrons. The zero-order chi connectivity index (χ0) is 14.8. The summed E-state index contributed by atoms with van der Waals surface area (Å²) in [5.41, 5.74) is 0. The Balaban J connectivity index is 2.24. The highest BCUT2D eigenvalue weighted by Gasteiger charge is 2.11. The molecule has 1 rings (SSSR count). The number of nitrogens with zero attached hydrogens (tertiary/aromatic N) is 2. The highest BCUT2D eigenvalue weighted by atomic mass is 16.5. The third-order valence-corrected chi connectivity index (χ3v) is 3.25. The van der Waals surface area contributed by atoms with Crippen molar-refractivity contribution < 1.29 is 14.4 Å². The van der Waals surface area contributed by atoms with Gasteiger partial charge in [-0.1, -0.05) is 25.4 Å². The largest absolute Gasteiger partial charge is 0.396 e. The fourth-order valence-electron chi connectivity index (χ4n) is 1.92. The Bertz CT molecular complexity index is 393. The summed E-state index contributed by atoms with van der Waals surface area (Å²) in [6.45, 7) is 4.89. The van der Waals surface area contributed by atoms with Crippen molar-refractivity contribution in [2.24, 2.45) is 5.92 Å². The molecule has 6 nitrogen and oxygen atoms in total. The summed E-state index contributed by atoms with van der Waals surface area (Å²) >= 11 is 0. The van der Waals surface area contributed by atoms with Gasteiger partial charge in [0, 0.05) is 32.4 Å². The molecule has 1 aromatic heterocycles. The summed E-state index contributed by atoms with van der Waals surface area (Å²) in [6.07, 6.45) is 4.27. The average molecular weight is 283 g/mol. The lowest BCUT2D eigenvalue weighted by molar-refractivity contribution is -0.121. The van der Waals surface area contributed by atoms with Crippen LogP contribution in [0.15, 0.2) is 4.52 Å². The van der Waals surface area contributed by atoms with Gasteiger partial charge in [0.05, 0.1) is 0 Å². The third-order valence-electron chi connectivity index (χ3n) is 3.25. The molecule has 0 aliphatic carbocycles. The number of aliphatic hydroxyl groups excluding tert-OH is 1. The molecular formula is C14H25N3O3. The molecule has 0 radical (unpaired) electrons. The Labute approximate surface area is 120 Å². The summed E-state index contributed by atoms with van der Waals surface area (Å²) in [6, 6.07) is 0. The molecule has 0 aromatic carbocycles. The molecule has 0 aliphatic heterocycles. The van der Waals surface area contributed by atoms with E-state index in [1.807, 2.05) is 0 Å². The molecule has 0 saturated heterocycles. The van der Waals surface area contributed by atoms with E-state index in [1.54, 1.807) is 0 Å². The maximum atomic E-state index is 11.7. The summed E-state index contributed by atoms with van der Waals surface area (Å²) in [4.78, 5) is 15.9. The average Bonchev–Trinajstić information content (AvgIpc) is 2.89. The Kier molecular flexibility index (Phi) is 7.87. The Morgan fingerprint density at radius 2 is 2.20 bits per heavy atom. The van der Waals surface area contributed by atoms with Crippen molar-refractivity contribution in [2.75, 3.05) is 13.2 Å². The van der Waals surface area contributed by atoms with E-state index in [9.17, 15) is 4.79 Å². The van der Waals surface area contributed by atoms with E-state index in [1.165, 1.54) is 0 Å². The van der Waals surface area contributed by atoms with Crippen molar-refractivity contribution in [1.29, 1.82) is 0 Å². The van der Waals surface area contributed by atoms with Crippen LogP contribution in [0, 0.1) is 5.92 Å². The van der Waals surface area contributed by atoms with Gasteiger partial charge in [-0.15, -0.1) is 0 Å². The van der Waals surface area contributed by atoms with Crippen LogP contribution in [0.4, 0.5) is 0 Å². The topological polar surface area (TPSA) is 88.2 Å². The summed E-state index contributed by atoms with van der Waals surface area (Å²) in [7, 11) is 0. The SMILES string of the molecule is CCCc1noc(CCC(=O)NCC(CC)CCO)n1. The number of carbonyl (C=O) groups excluding carboxylic acids is 1. The van der Waals surface area contributed by atoms with Crippen LogP contribution in [-0.4, -0.2) is 34.3 Å². The molecule has 1 unspecified atom stereocenters. The van der Waals surface area contributed by atoms with Crippen LogP contribution in [0.3, 0.4) is 0 Å². The van der Waals surface area contributed by atoms with Gasteiger partial charge >= 0.3 is 0 Å². The molecule has 2 N–H and O–H groups in total. The second-order valence-electron chi connectivity index (χ2n) is 4.94. The fourth-order valence-corrected chi connectivity index (χ4v) is 1.92. The highest BCUT2D eigenvalue weighted by molar-refractivity contribution is 5.75. The molecule has 0 spiro atoms. The van der Waals surface area contributed by atoms with Crippen molar-refractivity contribution in [3.63, 3.8) is 0 Å². The van der Waals surface area contributed by atoms with Crippen LogP contribution in [0.5, 0.6) is 0 Å². The quantitative estimate of drug-likeness (QED) is 0.679. The van der Waals surface area contributed by atoms with Crippen molar-refractivity contribution >= 4 is 5.91 Å². The van der Waals surface area contributed by atoms with Crippen LogP contribution in [0.1, 0.15) is 51.2 Å². The number of nitrogens with one attached hydrogen (secondary N) is 1. The minimum atomic E-state index is -0.0170. The summed E-state index contributed by atoms with van der Waals surface area (Å²) in [5.74, 6) is 1.54. The van der Waals surface area contributed by atoms with Crippen molar-refractivity contribution in [3.8, 4) is 0 Å². The molecule has 1 heterocycles. The van der Waals surface area contributed by atoms with Gasteiger partial charge in [0.15, 0.2) is 5.82 Å². The Morgan fingerprint density at radius 1 is 1.40 bits per heavy atom. The molecule has 6 heteroatoms. The zero-order valence-corrected chi connectivity index (χ0v) is 12.4. The number of carbonyl (C=O) groups is 1. The molecule has 0 aliphatic rings. The molecule has 0 fully saturated rings. The number of rotatable bonds is 10. The van der Waals surface area contributed by atoms with Crippen molar-refractivity contribution in [2.45, 2.75) is 52.4 Å². The first-order valence-electron chi connectivity index (χ1n) is 7.38. The minimum absolute atomic E-state index is 0.0170. The van der Waals surface area contributed by atoms with Crippen LogP contribution >= 0.6 is 0 Å². The van der Waals surface area contributed by atoms with Gasteiger partial charge in [0.1, 0.15) is 0 Å². The molecule has 0 bridgehead atoms. The lowest BCUT2D eigenvalue weighted by Gasteiger charge is -2.13. The van der Waals surface area contributed by atoms with E-state index in [0.717, 1.165) is 25.7 Å². The van der Waals surface area contributed by atoms with Gasteiger partial charge in [-0.05, 0) is 18.8 Å². The van der Waals surface area contributed by atoms with Crippen LogP contribution in [0.2, 0.25) is 0 Å². The number of hydrogen-bond donors (Lipinski definition) is 2. The maximum Gasteiger partial charge on any atom is 0.227 e. The molecule has 1 atom stereocenters. The van der Waals surface area contributed by atoms with Crippen LogP contribution in [0.25, 0.3) is 0 Å².